The molecular weight excluding hydrogens is 280 g/mol. The largest absolute Gasteiger partial charge is 0.450 e. The number of hydrogen-bond acceptors (Lipinski definition) is 5. The molecule has 0 spiro atoms. The van der Waals surface area contributed by atoms with E-state index in [2.05, 4.69) is 23.3 Å². The summed E-state index contributed by atoms with van der Waals surface area (Å²) in [5, 5.41) is 4.91. The topological polar surface area (TPSA) is 84.5 Å². The fraction of sp³-hybridized carbons (Fsp3) is 0.769. The molecule has 0 aromatic rings. The number of ketones is 1. The first-order valence-electron chi connectivity index (χ1n) is 6.84. The lowest BCUT2D eigenvalue weighted by atomic mass is 10.2. The molecule has 0 aromatic heterocycles. The summed E-state index contributed by atoms with van der Waals surface area (Å²) in [6.45, 7) is 0.245. The van der Waals surface area contributed by atoms with Crippen molar-refractivity contribution in [3.63, 3.8) is 0 Å². The molecule has 0 saturated heterocycles. The number of amides is 2. The Kier molecular flexibility index (Phi) is 12.0. The Morgan fingerprint density at radius 2 is 1.80 bits per heavy atom. The fourth-order valence-corrected chi connectivity index (χ4v) is 1.68. The minimum atomic E-state index is -0.507. The molecule has 0 bridgehead atoms. The zero-order chi connectivity index (χ0) is 15.2. The van der Waals surface area contributed by atoms with Crippen molar-refractivity contribution < 1.29 is 19.1 Å². The number of alkyl carbamates (subject to hydrolysis) is 1. The number of nitrogens with one attached hydrogen (secondary N) is 2. The van der Waals surface area contributed by atoms with Gasteiger partial charge in [0.15, 0.2) is 5.78 Å². The van der Waals surface area contributed by atoms with Gasteiger partial charge >= 0.3 is 6.09 Å². The Balaban J connectivity index is 3.47. The molecule has 0 aromatic carbocycles. The first kappa shape index (κ1) is 18.8. The monoisotopic (exact) mass is 304 g/mol. The quantitative estimate of drug-likeness (QED) is 0.397. The van der Waals surface area contributed by atoms with Crippen LogP contribution in [0.15, 0.2) is 0 Å². The van der Waals surface area contributed by atoms with E-state index < -0.39 is 6.09 Å². The standard InChI is InChI=1S/C13H24N2O4S/c1-14-13(18)19-8-5-6-11(16)10-15-12(17)7-3-2-4-9-20/h20H,2-10H2,1H3,(H,14,18)(H,15,17). The predicted molar refractivity (Wildman–Crippen MR) is 80.0 cm³/mol. The number of thiol groups is 1. The second-order valence-corrected chi connectivity index (χ2v) is 4.79. The van der Waals surface area contributed by atoms with Crippen LogP contribution >= 0.6 is 12.6 Å². The summed E-state index contributed by atoms with van der Waals surface area (Å²) in [7, 11) is 1.47. The van der Waals surface area contributed by atoms with E-state index in [1.165, 1.54) is 7.05 Å². The van der Waals surface area contributed by atoms with Crippen molar-refractivity contribution in [1.82, 2.24) is 10.6 Å². The lowest BCUT2D eigenvalue weighted by Gasteiger charge is -2.05. The van der Waals surface area contributed by atoms with Gasteiger partial charge < -0.3 is 15.4 Å². The zero-order valence-corrected chi connectivity index (χ0v) is 12.8. The maximum Gasteiger partial charge on any atom is 0.406 e. The number of carbonyl (C=O) groups is 3. The van der Waals surface area contributed by atoms with E-state index in [0.29, 0.717) is 12.8 Å². The highest BCUT2D eigenvalue weighted by atomic mass is 32.1. The van der Waals surface area contributed by atoms with E-state index in [9.17, 15) is 14.4 Å². The number of rotatable bonds is 11. The Morgan fingerprint density at radius 3 is 2.45 bits per heavy atom. The van der Waals surface area contributed by atoms with Crippen LogP contribution in [0.3, 0.4) is 0 Å². The number of Topliss-reactive ketones (excluding diaryl/α,β-unsaturated/α-hetero) is 1. The summed E-state index contributed by atoms with van der Waals surface area (Å²) in [5.74, 6) is 0.673. The maximum atomic E-state index is 11.5. The Labute approximate surface area is 125 Å². The molecule has 0 aliphatic rings. The van der Waals surface area contributed by atoms with Crippen LogP contribution in [0.25, 0.3) is 0 Å². The molecule has 0 saturated carbocycles. The lowest BCUT2D eigenvalue weighted by Crippen LogP contribution is -2.29. The van der Waals surface area contributed by atoms with E-state index in [1.807, 2.05) is 0 Å². The highest BCUT2D eigenvalue weighted by molar-refractivity contribution is 7.80. The van der Waals surface area contributed by atoms with Crippen LogP contribution in [-0.4, -0.2) is 43.7 Å². The summed E-state index contributed by atoms with van der Waals surface area (Å²) in [5.41, 5.74) is 0. The highest BCUT2D eigenvalue weighted by Gasteiger charge is 2.06. The van der Waals surface area contributed by atoms with Gasteiger partial charge in [-0.1, -0.05) is 6.42 Å². The van der Waals surface area contributed by atoms with Gasteiger partial charge in [0.05, 0.1) is 13.2 Å². The van der Waals surface area contributed by atoms with Gasteiger partial charge in [-0.3, -0.25) is 9.59 Å². The molecule has 0 heterocycles. The Morgan fingerprint density at radius 1 is 1.05 bits per heavy atom. The molecule has 6 nitrogen and oxygen atoms in total. The van der Waals surface area contributed by atoms with Crippen molar-refractivity contribution >= 4 is 30.4 Å². The summed E-state index contributed by atoms with van der Waals surface area (Å²) in [4.78, 5) is 33.6. The molecule has 20 heavy (non-hydrogen) atoms. The van der Waals surface area contributed by atoms with Crippen LogP contribution in [0.2, 0.25) is 0 Å². The third-order valence-corrected chi connectivity index (χ3v) is 2.90. The molecule has 7 heteroatoms. The molecule has 0 radical (unpaired) electrons. The van der Waals surface area contributed by atoms with Gasteiger partial charge in [-0.05, 0) is 25.0 Å². The van der Waals surface area contributed by atoms with Crippen molar-refractivity contribution in [2.24, 2.45) is 0 Å². The van der Waals surface area contributed by atoms with Gasteiger partial charge in [0.25, 0.3) is 0 Å². The molecule has 2 amide bonds. The molecule has 0 aliphatic heterocycles. The third kappa shape index (κ3) is 11.8. The average Bonchev–Trinajstić information content (AvgIpc) is 2.45. The normalized spacial score (nSPS) is 9.90. The van der Waals surface area contributed by atoms with Crippen molar-refractivity contribution in [3.05, 3.63) is 0 Å². The second kappa shape index (κ2) is 12.8. The molecule has 116 valence electrons. The lowest BCUT2D eigenvalue weighted by molar-refractivity contribution is -0.125. The van der Waals surface area contributed by atoms with Gasteiger partial charge in [0.1, 0.15) is 0 Å². The summed E-state index contributed by atoms with van der Waals surface area (Å²) < 4.78 is 4.75. The highest BCUT2D eigenvalue weighted by Crippen LogP contribution is 2.00. The van der Waals surface area contributed by atoms with E-state index in [1.54, 1.807) is 0 Å². The average molecular weight is 304 g/mol. The number of ether oxygens (including phenoxy) is 1. The molecule has 0 unspecified atom stereocenters. The minimum absolute atomic E-state index is 0.0470. The number of unbranched alkanes of at least 4 members (excludes halogenated alkanes) is 2. The van der Waals surface area contributed by atoms with Crippen molar-refractivity contribution in [2.45, 2.75) is 38.5 Å². The van der Waals surface area contributed by atoms with E-state index >= 15 is 0 Å². The SMILES string of the molecule is CNC(=O)OCCCC(=O)CNC(=O)CCCCCS. The molecule has 0 rings (SSSR count). The van der Waals surface area contributed by atoms with Gasteiger partial charge in [-0.15, -0.1) is 0 Å². The van der Waals surface area contributed by atoms with Gasteiger partial charge in [0, 0.05) is 19.9 Å². The van der Waals surface area contributed by atoms with Gasteiger partial charge in [0.2, 0.25) is 5.91 Å². The van der Waals surface area contributed by atoms with E-state index in [0.717, 1.165) is 25.0 Å². The molecule has 0 fully saturated rings. The first-order valence-corrected chi connectivity index (χ1v) is 7.47. The predicted octanol–water partition coefficient (Wildman–Crippen LogP) is 1.30. The smallest absolute Gasteiger partial charge is 0.406 e. The fourth-order valence-electron chi connectivity index (χ4n) is 1.45. The second-order valence-electron chi connectivity index (χ2n) is 4.34. The van der Waals surface area contributed by atoms with Crippen LogP contribution in [0.4, 0.5) is 4.79 Å². The molecule has 0 aliphatic carbocycles. The zero-order valence-electron chi connectivity index (χ0n) is 11.9. The van der Waals surface area contributed by atoms with Crippen LogP contribution in [0.5, 0.6) is 0 Å². The Hall–Kier alpha value is -1.24. The third-order valence-electron chi connectivity index (χ3n) is 2.58. The van der Waals surface area contributed by atoms with Crippen molar-refractivity contribution in [2.75, 3.05) is 26.0 Å². The first-order chi connectivity index (χ1) is 9.60. The summed E-state index contributed by atoms with van der Waals surface area (Å²) >= 11 is 4.09. The van der Waals surface area contributed by atoms with Crippen LogP contribution in [0, 0.1) is 0 Å². The van der Waals surface area contributed by atoms with Crippen LogP contribution in [0.1, 0.15) is 38.5 Å². The van der Waals surface area contributed by atoms with E-state index in [-0.39, 0.29) is 31.3 Å². The number of hydrogen-bond donors (Lipinski definition) is 3. The van der Waals surface area contributed by atoms with Crippen LogP contribution < -0.4 is 10.6 Å². The Bertz CT molecular complexity index is 311. The molecule has 0 atom stereocenters. The molecule has 2 N–H and O–H groups in total. The van der Waals surface area contributed by atoms with Crippen LogP contribution in [-0.2, 0) is 14.3 Å². The van der Waals surface area contributed by atoms with Gasteiger partial charge in [-0.25, -0.2) is 4.79 Å². The number of carbonyl (C=O) groups excluding carboxylic acids is 3. The van der Waals surface area contributed by atoms with Crippen molar-refractivity contribution in [1.29, 1.82) is 0 Å². The maximum absolute atomic E-state index is 11.5. The molecular formula is C13H24N2O4S. The van der Waals surface area contributed by atoms with Gasteiger partial charge in [-0.2, -0.15) is 12.6 Å². The minimum Gasteiger partial charge on any atom is -0.450 e. The van der Waals surface area contributed by atoms with E-state index in [4.69, 9.17) is 4.74 Å². The van der Waals surface area contributed by atoms with Crippen molar-refractivity contribution in [3.8, 4) is 0 Å². The summed E-state index contributed by atoms with van der Waals surface area (Å²) in [6, 6.07) is 0. The summed E-state index contributed by atoms with van der Waals surface area (Å²) in [6.07, 6.45) is 3.48.